The minimum atomic E-state index is -5.48. The van der Waals surface area contributed by atoms with Gasteiger partial charge in [-0.25, -0.2) is 4.57 Å². The van der Waals surface area contributed by atoms with Crippen molar-refractivity contribution in [3.05, 3.63) is 0 Å². The van der Waals surface area contributed by atoms with Gasteiger partial charge in [0.05, 0.1) is 38.5 Å². The summed E-state index contributed by atoms with van der Waals surface area (Å²) in [7, 11) is -5.48. The molecule has 0 saturated carbocycles. The molecule has 109 heavy (non-hydrogen) atoms. The van der Waals surface area contributed by atoms with E-state index < -0.39 is 99.7 Å². The average Bonchev–Trinajstić information content (AvgIpc) is 1.11. The minimum absolute atomic E-state index is 0.0136. The van der Waals surface area contributed by atoms with Crippen LogP contribution in [0.3, 0.4) is 0 Å². The number of aliphatic hydroxyl groups is 1. The average molecular weight is 1570 g/mol. The summed E-state index contributed by atoms with van der Waals surface area (Å²) in [6, 6.07) is -2.10. The Bertz CT molecular complexity index is 2260. The van der Waals surface area contributed by atoms with Crippen LogP contribution in [-0.2, 0) is 66.3 Å². The molecule has 2 fully saturated rings. The maximum absolute atomic E-state index is 15.0. The Labute approximate surface area is 665 Å². The van der Waals surface area contributed by atoms with Gasteiger partial charge in [0.2, 0.25) is 11.8 Å². The van der Waals surface area contributed by atoms with Gasteiger partial charge in [0, 0.05) is 25.8 Å². The van der Waals surface area contributed by atoms with Crippen molar-refractivity contribution >= 4 is 43.5 Å². The lowest BCUT2D eigenvalue weighted by atomic mass is 9.95. The first-order valence-electron chi connectivity index (χ1n) is 46.0. The molecule has 0 aliphatic carbocycles. The van der Waals surface area contributed by atoms with Crippen LogP contribution in [-0.4, -0.2) is 130 Å². The number of hydrogen-bond acceptors (Lipinski definition) is 15. The fourth-order valence-electron chi connectivity index (χ4n) is 15.6. The molecule has 19 nitrogen and oxygen atoms in total. The summed E-state index contributed by atoms with van der Waals surface area (Å²) >= 11 is 0. The molecule has 0 radical (unpaired) electrons. The van der Waals surface area contributed by atoms with Crippen molar-refractivity contribution in [1.29, 1.82) is 0 Å². The second-order valence-corrected chi connectivity index (χ2v) is 33.8. The van der Waals surface area contributed by atoms with Gasteiger partial charge in [-0.3, -0.25) is 33.3 Å². The third-order valence-corrected chi connectivity index (χ3v) is 22.8. The third kappa shape index (κ3) is 55.9. The molecule has 0 spiro atoms. The van der Waals surface area contributed by atoms with Gasteiger partial charge in [0.25, 0.3) is 0 Å². The predicted octanol–water partition coefficient (Wildman–Crippen LogP) is 23.0. The maximum atomic E-state index is 15.0. The van der Waals surface area contributed by atoms with E-state index in [1.54, 1.807) is 4.90 Å². The minimum Gasteiger partial charge on any atom is -0.462 e. The Kier molecular flexibility index (Phi) is 65.7. The normalized spacial score (nSPS) is 18.2. The lowest BCUT2D eigenvalue weighted by molar-refractivity contribution is -0.273. The number of unbranched alkanes of at least 4 members (excludes halogenated alkanes) is 48. The van der Waals surface area contributed by atoms with Crippen molar-refractivity contribution in [3.63, 3.8) is 0 Å². The number of nitrogens with zero attached hydrogens (tertiary/aromatic N) is 1. The monoisotopic (exact) mass is 1570 g/mol. The van der Waals surface area contributed by atoms with Crippen LogP contribution >= 0.6 is 7.82 Å². The molecule has 2 heterocycles. The predicted molar refractivity (Wildman–Crippen MR) is 440 cm³/mol. The van der Waals surface area contributed by atoms with Crippen molar-refractivity contribution in [3.8, 4) is 0 Å². The first-order chi connectivity index (χ1) is 53.0. The van der Waals surface area contributed by atoms with Crippen LogP contribution in [0.1, 0.15) is 459 Å². The van der Waals surface area contributed by atoms with Crippen LogP contribution < -0.4 is 5.32 Å². The molecule has 2 aliphatic rings. The van der Waals surface area contributed by atoms with Gasteiger partial charge in [-0.1, -0.05) is 350 Å². The number of phosphoric acid groups is 1. The SMILES string of the molecule is CCCCCCCCCCCC(=O)O[C@H](CCCCCCCCCCC)CC(=O)NC1C(OC(=O)C[C@@H](CCCCCCCCCCC)OC(=O)CCCCCCCCCCC)[C@H](OP(=O)(O)O)C(CO)O[C@H]1OC[C@@H]1CCCN1C(=O)C[C@@H](CCCCCCCCCCC)OC(=O)CCCCCCCCCCC. The van der Waals surface area contributed by atoms with E-state index in [-0.39, 0.29) is 44.2 Å². The number of nitrogens with one attached hydrogen (secondary N) is 1. The van der Waals surface area contributed by atoms with Crippen LogP contribution in [0.15, 0.2) is 0 Å². The van der Waals surface area contributed by atoms with E-state index in [4.69, 9.17) is 32.9 Å². The van der Waals surface area contributed by atoms with Gasteiger partial charge >= 0.3 is 31.7 Å². The van der Waals surface area contributed by atoms with Crippen molar-refractivity contribution < 1.29 is 81.2 Å². The third-order valence-electron chi connectivity index (χ3n) is 22.3. The second kappa shape index (κ2) is 70.2. The molecule has 640 valence electrons. The highest BCUT2D eigenvalue weighted by Gasteiger charge is 2.53. The zero-order valence-corrected chi connectivity index (χ0v) is 71.6. The molecule has 0 bridgehead atoms. The van der Waals surface area contributed by atoms with Crippen LogP contribution in [0.2, 0.25) is 0 Å². The van der Waals surface area contributed by atoms with Crippen LogP contribution in [0, 0.1) is 0 Å². The lowest BCUT2D eigenvalue weighted by Crippen LogP contribution is -2.66. The zero-order valence-electron chi connectivity index (χ0n) is 70.7. The zero-order chi connectivity index (χ0) is 79.5. The highest BCUT2D eigenvalue weighted by Crippen LogP contribution is 2.43. The molecule has 20 heteroatoms. The first kappa shape index (κ1) is 102. The number of likely N-dealkylation sites (tertiary alicyclic amines) is 1. The fourth-order valence-corrected chi connectivity index (χ4v) is 16.2. The molecule has 0 aromatic rings. The molecular weight excluding hydrogens is 1400 g/mol. The van der Waals surface area contributed by atoms with E-state index in [1.165, 1.54) is 167 Å². The van der Waals surface area contributed by atoms with Gasteiger partial charge in [0.1, 0.15) is 36.6 Å². The number of carbonyl (C=O) groups excluding carboxylic acids is 6. The Morgan fingerprint density at radius 2 is 0.725 bits per heavy atom. The smallest absolute Gasteiger partial charge is 0.462 e. The molecule has 3 unspecified atom stereocenters. The number of esters is 4. The largest absolute Gasteiger partial charge is 0.470 e. The summed E-state index contributed by atoms with van der Waals surface area (Å²) in [6.07, 6.45) is 51.6. The summed E-state index contributed by atoms with van der Waals surface area (Å²) in [4.78, 5) is 109. The van der Waals surface area contributed by atoms with Gasteiger partial charge in [-0.15, -0.1) is 0 Å². The second-order valence-electron chi connectivity index (χ2n) is 32.6. The molecule has 2 aliphatic heterocycles. The van der Waals surface area contributed by atoms with E-state index >= 15 is 4.79 Å². The van der Waals surface area contributed by atoms with Crippen LogP contribution in [0.5, 0.6) is 0 Å². The Balaban J connectivity index is 2.62. The van der Waals surface area contributed by atoms with Gasteiger partial charge in [-0.05, 0) is 70.6 Å². The van der Waals surface area contributed by atoms with Crippen molar-refractivity contribution in [2.45, 2.75) is 514 Å². The van der Waals surface area contributed by atoms with E-state index in [0.29, 0.717) is 70.8 Å². The number of aliphatic hydroxyl groups excluding tert-OH is 1. The molecule has 2 rings (SSSR count). The molecule has 2 saturated heterocycles. The fraction of sp³-hybridized carbons (Fsp3) is 0.933. The number of phosphoric ester groups is 1. The van der Waals surface area contributed by atoms with Crippen molar-refractivity contribution in [1.82, 2.24) is 10.2 Å². The van der Waals surface area contributed by atoms with Crippen molar-refractivity contribution in [2.75, 3.05) is 19.8 Å². The summed E-state index contributed by atoms with van der Waals surface area (Å²) in [5.41, 5.74) is 0. The van der Waals surface area contributed by atoms with Gasteiger partial charge in [0.15, 0.2) is 12.4 Å². The van der Waals surface area contributed by atoms with Crippen LogP contribution in [0.4, 0.5) is 0 Å². The molecular formula is C89H167N2O17P. The van der Waals surface area contributed by atoms with Crippen molar-refractivity contribution in [2.24, 2.45) is 0 Å². The van der Waals surface area contributed by atoms with E-state index in [2.05, 4.69) is 46.9 Å². The number of ether oxygens (including phenoxy) is 6. The highest BCUT2D eigenvalue weighted by molar-refractivity contribution is 7.46. The summed E-state index contributed by atoms with van der Waals surface area (Å²) in [5.74, 6) is -2.91. The quantitative estimate of drug-likeness (QED) is 0.0191. The summed E-state index contributed by atoms with van der Waals surface area (Å²) in [5, 5.41) is 14.1. The first-order valence-corrected chi connectivity index (χ1v) is 47.5. The topological polar surface area (TPSA) is 260 Å². The van der Waals surface area contributed by atoms with E-state index in [0.717, 1.165) is 154 Å². The van der Waals surface area contributed by atoms with E-state index in [9.17, 15) is 43.4 Å². The maximum Gasteiger partial charge on any atom is 0.470 e. The number of amides is 2. The number of hydrogen-bond donors (Lipinski definition) is 4. The molecule has 4 N–H and O–H groups in total. The molecule has 2 amide bonds. The lowest BCUT2D eigenvalue weighted by Gasteiger charge is -2.45. The number of carbonyl (C=O) groups is 6. The number of rotatable bonds is 77. The standard InChI is InChI=1S/C89H167N2O17P/c1-7-13-19-25-31-37-43-49-55-63-76(103-82(95)66-58-52-46-40-34-28-22-16-10-4)70-80(93)90-86-88(107-85(98)72-78(65-57-51-45-39-33-27-21-15-9-3)105-84(97)68-60-54-48-42-36-30-24-18-12-6)87(108-109(99,100)101)79(73-92)106-89(86)102-74-75-62-61-69-91(75)81(94)71-77(64-56-50-44-38-32-26-20-14-8-2)104-83(96)67-59-53-47-41-35-29-23-17-11-5/h75-79,86-89,92H,7-74H2,1-6H3,(H,90,93)(H2,99,100,101)/t75-,76+,77+,78+,79?,86?,87+,88?,89+/m0/s1. The van der Waals surface area contributed by atoms with Gasteiger partial charge in [-0.2, -0.15) is 0 Å². The Hall–Kier alpha value is -3.19. The van der Waals surface area contributed by atoms with Crippen LogP contribution in [0.25, 0.3) is 0 Å². The summed E-state index contributed by atoms with van der Waals surface area (Å²) in [6.45, 7) is 12.6. The van der Waals surface area contributed by atoms with E-state index in [1.807, 2.05) is 0 Å². The van der Waals surface area contributed by atoms with Gasteiger partial charge < -0.3 is 53.5 Å². The Morgan fingerprint density at radius 1 is 0.413 bits per heavy atom. The Morgan fingerprint density at radius 3 is 1.06 bits per heavy atom. The molecule has 9 atom stereocenters. The highest BCUT2D eigenvalue weighted by atomic mass is 31.2. The molecule has 0 aromatic carbocycles. The molecule has 0 aromatic heterocycles. The summed E-state index contributed by atoms with van der Waals surface area (Å²) < 4.78 is 56.5.